The van der Waals surface area contributed by atoms with Gasteiger partial charge in [0.1, 0.15) is 0 Å². The average molecular weight is 229 g/mol. The second kappa shape index (κ2) is 5.78. The highest BCUT2D eigenvalue weighted by molar-refractivity contribution is 7.81. The molecule has 0 aromatic rings. The summed E-state index contributed by atoms with van der Waals surface area (Å²) in [5, 5.41) is -0.129. The number of rotatable bonds is 6. The van der Waals surface area contributed by atoms with Crippen molar-refractivity contribution >= 4 is 18.5 Å². The molecule has 1 aliphatic rings. The zero-order valence-electron chi connectivity index (χ0n) is 10.1. The van der Waals surface area contributed by atoms with Crippen LogP contribution < -0.4 is 0 Å². The SMILES string of the molecule is CCCN(CC1CC1)C(=O)C(S)C(C)C. The number of thiol groups is 1. The van der Waals surface area contributed by atoms with Gasteiger partial charge < -0.3 is 4.90 Å². The Kier molecular flexibility index (Phi) is 4.97. The van der Waals surface area contributed by atoms with Crippen LogP contribution in [-0.2, 0) is 4.79 Å². The average Bonchev–Trinajstić information content (AvgIpc) is 2.98. The summed E-state index contributed by atoms with van der Waals surface area (Å²) >= 11 is 4.40. The van der Waals surface area contributed by atoms with Gasteiger partial charge in [-0.2, -0.15) is 12.6 Å². The van der Waals surface area contributed by atoms with Crippen molar-refractivity contribution in [3.05, 3.63) is 0 Å². The van der Waals surface area contributed by atoms with Crippen LogP contribution in [-0.4, -0.2) is 29.1 Å². The maximum absolute atomic E-state index is 12.1. The van der Waals surface area contributed by atoms with E-state index < -0.39 is 0 Å². The molecule has 3 heteroatoms. The molecule has 1 atom stereocenters. The zero-order chi connectivity index (χ0) is 11.4. The molecular weight excluding hydrogens is 206 g/mol. The minimum atomic E-state index is -0.129. The summed E-state index contributed by atoms with van der Waals surface area (Å²) < 4.78 is 0. The maximum Gasteiger partial charge on any atom is 0.235 e. The second-order valence-electron chi connectivity index (χ2n) is 4.92. The fourth-order valence-electron chi connectivity index (χ4n) is 1.65. The van der Waals surface area contributed by atoms with Crippen molar-refractivity contribution in [1.82, 2.24) is 4.90 Å². The van der Waals surface area contributed by atoms with Crippen LogP contribution in [0.5, 0.6) is 0 Å². The Balaban J connectivity index is 2.48. The smallest absolute Gasteiger partial charge is 0.235 e. The normalized spacial score (nSPS) is 17.9. The third kappa shape index (κ3) is 4.06. The number of nitrogens with zero attached hydrogens (tertiary/aromatic N) is 1. The second-order valence-corrected chi connectivity index (χ2v) is 5.47. The van der Waals surface area contributed by atoms with Crippen LogP contribution in [0.15, 0.2) is 0 Å². The van der Waals surface area contributed by atoms with Gasteiger partial charge in [0.25, 0.3) is 0 Å². The van der Waals surface area contributed by atoms with Crippen molar-refractivity contribution < 1.29 is 4.79 Å². The Labute approximate surface area is 98.8 Å². The standard InChI is InChI=1S/C12H23NOS/c1-4-7-13(8-10-5-6-10)12(14)11(15)9(2)3/h9-11,15H,4-8H2,1-3H3. The Hall–Kier alpha value is -0.180. The summed E-state index contributed by atoms with van der Waals surface area (Å²) in [4.78, 5) is 14.1. The van der Waals surface area contributed by atoms with Gasteiger partial charge in [-0.25, -0.2) is 0 Å². The molecule has 0 heterocycles. The lowest BCUT2D eigenvalue weighted by molar-refractivity contribution is -0.131. The van der Waals surface area contributed by atoms with Gasteiger partial charge in [0.15, 0.2) is 0 Å². The molecule has 0 saturated heterocycles. The quantitative estimate of drug-likeness (QED) is 0.694. The minimum Gasteiger partial charge on any atom is -0.341 e. The van der Waals surface area contributed by atoms with Crippen LogP contribution in [0.1, 0.15) is 40.0 Å². The summed E-state index contributed by atoms with van der Waals surface area (Å²) in [6.45, 7) is 8.07. The van der Waals surface area contributed by atoms with Gasteiger partial charge in [-0.15, -0.1) is 0 Å². The highest BCUT2D eigenvalue weighted by atomic mass is 32.1. The van der Waals surface area contributed by atoms with Gasteiger partial charge in [-0.05, 0) is 31.1 Å². The predicted molar refractivity (Wildman–Crippen MR) is 67.2 cm³/mol. The minimum absolute atomic E-state index is 0.129. The van der Waals surface area contributed by atoms with E-state index in [4.69, 9.17) is 0 Å². The van der Waals surface area contributed by atoms with E-state index in [9.17, 15) is 4.79 Å². The predicted octanol–water partition coefficient (Wildman–Crippen LogP) is 2.59. The van der Waals surface area contributed by atoms with E-state index in [1.807, 2.05) is 4.90 Å². The topological polar surface area (TPSA) is 20.3 Å². The molecule has 0 aromatic carbocycles. The lowest BCUT2D eigenvalue weighted by Crippen LogP contribution is -2.40. The fourth-order valence-corrected chi connectivity index (χ4v) is 1.81. The molecule has 1 unspecified atom stereocenters. The summed E-state index contributed by atoms with van der Waals surface area (Å²) in [5.74, 6) is 1.31. The molecular formula is C12H23NOS. The highest BCUT2D eigenvalue weighted by Gasteiger charge is 2.29. The van der Waals surface area contributed by atoms with Crippen molar-refractivity contribution in [2.24, 2.45) is 11.8 Å². The first-order chi connectivity index (χ1) is 7.06. The van der Waals surface area contributed by atoms with Crippen LogP contribution in [0.3, 0.4) is 0 Å². The molecule has 0 N–H and O–H groups in total. The first kappa shape index (κ1) is 12.9. The summed E-state index contributed by atoms with van der Waals surface area (Å²) in [7, 11) is 0. The van der Waals surface area contributed by atoms with E-state index in [0.29, 0.717) is 5.92 Å². The van der Waals surface area contributed by atoms with Crippen LogP contribution in [0.25, 0.3) is 0 Å². The van der Waals surface area contributed by atoms with E-state index >= 15 is 0 Å². The summed E-state index contributed by atoms with van der Waals surface area (Å²) in [6.07, 6.45) is 3.63. The lowest BCUT2D eigenvalue weighted by atomic mass is 10.1. The number of amides is 1. The van der Waals surface area contributed by atoms with Crippen LogP contribution in [0.2, 0.25) is 0 Å². The van der Waals surface area contributed by atoms with Crippen molar-refractivity contribution in [1.29, 1.82) is 0 Å². The lowest BCUT2D eigenvalue weighted by Gasteiger charge is -2.26. The monoisotopic (exact) mass is 229 g/mol. The first-order valence-corrected chi connectivity index (χ1v) is 6.54. The van der Waals surface area contributed by atoms with Crippen molar-refractivity contribution in [2.75, 3.05) is 13.1 Å². The molecule has 0 bridgehead atoms. The molecule has 0 spiro atoms. The third-order valence-electron chi connectivity index (χ3n) is 2.87. The van der Waals surface area contributed by atoms with Gasteiger partial charge in [0, 0.05) is 13.1 Å². The van der Waals surface area contributed by atoms with Gasteiger partial charge in [-0.3, -0.25) is 4.79 Å². The zero-order valence-corrected chi connectivity index (χ0v) is 11.0. The summed E-state index contributed by atoms with van der Waals surface area (Å²) in [6, 6.07) is 0. The van der Waals surface area contributed by atoms with Crippen molar-refractivity contribution in [3.63, 3.8) is 0 Å². The van der Waals surface area contributed by atoms with Crippen LogP contribution in [0, 0.1) is 11.8 Å². The van der Waals surface area contributed by atoms with Gasteiger partial charge >= 0.3 is 0 Å². The van der Waals surface area contributed by atoms with Crippen molar-refractivity contribution in [3.8, 4) is 0 Å². The van der Waals surface area contributed by atoms with Gasteiger partial charge in [-0.1, -0.05) is 20.8 Å². The Morgan fingerprint density at radius 3 is 2.47 bits per heavy atom. The van der Waals surface area contributed by atoms with E-state index in [1.54, 1.807) is 0 Å². The van der Waals surface area contributed by atoms with E-state index in [-0.39, 0.29) is 11.2 Å². The number of carbonyl (C=O) groups excluding carboxylic acids is 1. The Morgan fingerprint density at radius 1 is 1.47 bits per heavy atom. The van der Waals surface area contributed by atoms with Gasteiger partial charge in [0.2, 0.25) is 5.91 Å². The maximum atomic E-state index is 12.1. The first-order valence-electron chi connectivity index (χ1n) is 6.03. The Bertz CT molecular complexity index is 214. The number of carbonyl (C=O) groups is 1. The molecule has 1 amide bonds. The molecule has 1 saturated carbocycles. The molecule has 88 valence electrons. The third-order valence-corrected chi connectivity index (χ3v) is 3.68. The van der Waals surface area contributed by atoms with Gasteiger partial charge in [0.05, 0.1) is 5.25 Å². The fraction of sp³-hybridized carbons (Fsp3) is 0.917. The molecule has 0 aliphatic heterocycles. The van der Waals surface area contributed by atoms with E-state index in [1.165, 1.54) is 12.8 Å². The van der Waals surface area contributed by atoms with E-state index in [2.05, 4.69) is 33.4 Å². The highest BCUT2D eigenvalue weighted by Crippen LogP contribution is 2.30. The molecule has 15 heavy (non-hydrogen) atoms. The van der Waals surface area contributed by atoms with Crippen molar-refractivity contribution in [2.45, 2.75) is 45.3 Å². The molecule has 1 rings (SSSR count). The molecule has 1 aliphatic carbocycles. The molecule has 0 radical (unpaired) electrons. The Morgan fingerprint density at radius 2 is 2.07 bits per heavy atom. The largest absolute Gasteiger partial charge is 0.341 e. The number of hydrogen-bond donors (Lipinski definition) is 1. The molecule has 2 nitrogen and oxygen atoms in total. The van der Waals surface area contributed by atoms with E-state index in [0.717, 1.165) is 25.4 Å². The molecule has 0 aromatic heterocycles. The molecule has 1 fully saturated rings. The summed E-state index contributed by atoms with van der Waals surface area (Å²) in [5.41, 5.74) is 0. The van der Waals surface area contributed by atoms with Crippen LogP contribution in [0.4, 0.5) is 0 Å². The number of hydrogen-bond acceptors (Lipinski definition) is 2. The van der Waals surface area contributed by atoms with Crippen LogP contribution >= 0.6 is 12.6 Å².